The lowest BCUT2D eigenvalue weighted by molar-refractivity contribution is 0.269. The van der Waals surface area contributed by atoms with Gasteiger partial charge in [-0.3, -0.25) is 9.67 Å². The van der Waals surface area contributed by atoms with Crippen LogP contribution in [0, 0.1) is 5.82 Å². The van der Waals surface area contributed by atoms with Gasteiger partial charge in [0.2, 0.25) is 0 Å². The molecule has 2 N–H and O–H groups in total. The van der Waals surface area contributed by atoms with Crippen LogP contribution in [0.15, 0.2) is 47.8 Å². The highest BCUT2D eigenvalue weighted by Crippen LogP contribution is 2.32. The van der Waals surface area contributed by atoms with Gasteiger partial charge in [-0.2, -0.15) is 5.10 Å². The molecule has 0 aliphatic carbocycles. The number of aromatic nitrogens is 5. The highest BCUT2D eigenvalue weighted by molar-refractivity contribution is 5.73. The molecule has 33 heavy (non-hydrogen) atoms. The van der Waals surface area contributed by atoms with E-state index in [1.165, 1.54) is 26.4 Å². The van der Waals surface area contributed by atoms with Gasteiger partial charge in [0, 0.05) is 30.4 Å². The summed E-state index contributed by atoms with van der Waals surface area (Å²) >= 11 is 0. The standard InChI is InChI=1S/C22H23FN6O4/c1-32-15-9-17(21(23)19(10-15)33-2)26-20-4-3-16-22(29(20)6-8-31)27-18(12-24-16)14-11-25-28(13-14)5-7-30/h3-4,9-13,30-31H,5-8H2,1-2H3/b26-20+. The van der Waals surface area contributed by atoms with Crippen molar-refractivity contribution in [2.24, 2.45) is 4.99 Å². The van der Waals surface area contributed by atoms with Crippen LogP contribution in [0.25, 0.3) is 22.4 Å². The number of ether oxygens (including phenoxy) is 2. The molecule has 1 aromatic carbocycles. The van der Waals surface area contributed by atoms with E-state index in [2.05, 4.69) is 15.1 Å². The number of rotatable bonds is 8. The van der Waals surface area contributed by atoms with Crippen LogP contribution in [0.1, 0.15) is 0 Å². The Morgan fingerprint density at radius 3 is 2.61 bits per heavy atom. The molecule has 10 nitrogen and oxygen atoms in total. The van der Waals surface area contributed by atoms with Crippen molar-refractivity contribution in [3.05, 3.63) is 54.2 Å². The van der Waals surface area contributed by atoms with E-state index in [1.54, 1.807) is 40.0 Å². The Bertz CT molecular complexity index is 1350. The average Bonchev–Trinajstić information content (AvgIpc) is 3.30. The number of hydrogen-bond donors (Lipinski definition) is 2. The van der Waals surface area contributed by atoms with Crippen molar-refractivity contribution in [1.29, 1.82) is 0 Å². The van der Waals surface area contributed by atoms with Gasteiger partial charge in [-0.1, -0.05) is 0 Å². The molecule has 0 fully saturated rings. The molecule has 0 saturated carbocycles. The highest BCUT2D eigenvalue weighted by Gasteiger charge is 2.13. The maximum atomic E-state index is 14.9. The number of hydrogen-bond acceptors (Lipinski definition) is 8. The summed E-state index contributed by atoms with van der Waals surface area (Å²) in [7, 11) is 2.83. The Morgan fingerprint density at radius 2 is 1.88 bits per heavy atom. The van der Waals surface area contributed by atoms with Crippen LogP contribution in [-0.4, -0.2) is 62.0 Å². The van der Waals surface area contributed by atoms with Crippen molar-refractivity contribution >= 4 is 16.9 Å². The lowest BCUT2D eigenvalue weighted by Crippen LogP contribution is -2.23. The number of benzene rings is 1. The van der Waals surface area contributed by atoms with Gasteiger partial charge in [0.25, 0.3) is 0 Å². The zero-order valence-electron chi connectivity index (χ0n) is 18.1. The Balaban J connectivity index is 1.90. The Kier molecular flexibility index (Phi) is 6.61. The van der Waals surface area contributed by atoms with E-state index in [9.17, 15) is 9.50 Å². The summed E-state index contributed by atoms with van der Waals surface area (Å²) in [6.07, 6.45) is 5.01. The van der Waals surface area contributed by atoms with Gasteiger partial charge in [0.1, 0.15) is 22.4 Å². The summed E-state index contributed by atoms with van der Waals surface area (Å²) in [5.74, 6) is -0.238. The molecule has 4 aromatic rings. The number of aliphatic hydroxyl groups excluding tert-OH is 2. The predicted molar refractivity (Wildman–Crippen MR) is 118 cm³/mol. The predicted octanol–water partition coefficient (Wildman–Crippen LogP) is 1.67. The topological polar surface area (TPSA) is 120 Å². The SMILES string of the molecule is COc1cc(/N=c2\ccc3ncc(-c4cnn(CCO)c4)nc3n2CCO)c(F)c(OC)c1. The number of fused-ring (bicyclic) bond motifs is 1. The summed E-state index contributed by atoms with van der Waals surface area (Å²) < 4.78 is 28.4. The lowest BCUT2D eigenvalue weighted by atomic mass is 10.2. The first-order valence-corrected chi connectivity index (χ1v) is 10.1. The second-order valence-electron chi connectivity index (χ2n) is 7.02. The Hall–Kier alpha value is -3.83. The number of aliphatic hydroxyl groups is 2. The van der Waals surface area contributed by atoms with Crippen molar-refractivity contribution in [3.63, 3.8) is 0 Å². The second kappa shape index (κ2) is 9.76. The van der Waals surface area contributed by atoms with E-state index in [0.717, 1.165) is 5.56 Å². The fraction of sp³-hybridized carbons (Fsp3) is 0.273. The molecule has 11 heteroatoms. The summed E-state index contributed by atoms with van der Waals surface area (Å²) in [5, 5.41) is 23.0. The number of nitrogens with zero attached hydrogens (tertiary/aromatic N) is 6. The van der Waals surface area contributed by atoms with E-state index in [0.29, 0.717) is 34.6 Å². The molecule has 0 saturated heterocycles. The number of pyridine rings is 1. The maximum Gasteiger partial charge on any atom is 0.190 e. The van der Waals surface area contributed by atoms with Crippen molar-refractivity contribution in [2.75, 3.05) is 27.4 Å². The summed E-state index contributed by atoms with van der Waals surface area (Å²) in [6.45, 7) is 0.318. The first-order valence-electron chi connectivity index (χ1n) is 10.1. The quantitative estimate of drug-likeness (QED) is 0.416. The lowest BCUT2D eigenvalue weighted by Gasteiger charge is -2.11. The fourth-order valence-corrected chi connectivity index (χ4v) is 3.36. The van der Waals surface area contributed by atoms with Gasteiger partial charge >= 0.3 is 0 Å². The minimum atomic E-state index is -0.634. The molecule has 0 aliphatic rings. The first kappa shape index (κ1) is 22.4. The zero-order valence-corrected chi connectivity index (χ0v) is 18.1. The van der Waals surface area contributed by atoms with Crippen LogP contribution in [0.2, 0.25) is 0 Å². The van der Waals surface area contributed by atoms with Crippen molar-refractivity contribution in [2.45, 2.75) is 13.1 Å². The second-order valence-corrected chi connectivity index (χ2v) is 7.02. The van der Waals surface area contributed by atoms with Crippen molar-refractivity contribution < 1.29 is 24.1 Å². The summed E-state index contributed by atoms with van der Waals surface area (Å²) in [6, 6.07) is 6.30. The number of methoxy groups -OCH3 is 2. The van der Waals surface area contributed by atoms with Gasteiger partial charge < -0.3 is 24.3 Å². The minimum absolute atomic E-state index is 0.00423. The summed E-state index contributed by atoms with van der Waals surface area (Å²) in [4.78, 5) is 13.6. The van der Waals surface area contributed by atoms with E-state index in [1.807, 2.05) is 0 Å². The normalized spacial score (nSPS) is 11.8. The van der Waals surface area contributed by atoms with E-state index in [-0.39, 0.29) is 31.2 Å². The molecule has 0 atom stereocenters. The van der Waals surface area contributed by atoms with E-state index >= 15 is 0 Å². The van der Waals surface area contributed by atoms with Gasteiger partial charge in [0.15, 0.2) is 17.2 Å². The largest absolute Gasteiger partial charge is 0.497 e. The van der Waals surface area contributed by atoms with Gasteiger partial charge in [-0.25, -0.2) is 14.4 Å². The third-order valence-corrected chi connectivity index (χ3v) is 4.97. The van der Waals surface area contributed by atoms with Crippen LogP contribution in [0.5, 0.6) is 11.5 Å². The van der Waals surface area contributed by atoms with Crippen LogP contribution < -0.4 is 15.0 Å². The van der Waals surface area contributed by atoms with Crippen molar-refractivity contribution in [3.8, 4) is 22.8 Å². The van der Waals surface area contributed by atoms with Crippen LogP contribution in [-0.2, 0) is 13.1 Å². The molecule has 172 valence electrons. The van der Waals surface area contributed by atoms with Gasteiger partial charge in [0.05, 0.1) is 52.1 Å². The molecule has 3 aromatic heterocycles. The molecule has 3 heterocycles. The molecule has 0 amide bonds. The highest BCUT2D eigenvalue weighted by atomic mass is 19.1. The molecular formula is C22H23FN6O4. The molecule has 0 radical (unpaired) electrons. The van der Waals surface area contributed by atoms with Crippen molar-refractivity contribution in [1.82, 2.24) is 24.3 Å². The first-order chi connectivity index (χ1) is 16.1. The Morgan fingerprint density at radius 1 is 1.06 bits per heavy atom. The van der Waals surface area contributed by atoms with E-state index < -0.39 is 5.82 Å². The average molecular weight is 454 g/mol. The molecule has 4 rings (SSSR count). The van der Waals surface area contributed by atoms with Crippen LogP contribution in [0.4, 0.5) is 10.1 Å². The molecule has 0 spiro atoms. The number of halogens is 1. The minimum Gasteiger partial charge on any atom is -0.497 e. The monoisotopic (exact) mass is 454 g/mol. The maximum absolute atomic E-state index is 14.9. The molecule has 0 bridgehead atoms. The molecular weight excluding hydrogens is 431 g/mol. The van der Waals surface area contributed by atoms with E-state index in [4.69, 9.17) is 19.6 Å². The van der Waals surface area contributed by atoms with Crippen LogP contribution in [0.3, 0.4) is 0 Å². The molecule has 0 unspecified atom stereocenters. The van der Waals surface area contributed by atoms with Gasteiger partial charge in [-0.05, 0) is 12.1 Å². The third kappa shape index (κ3) is 4.54. The fourth-order valence-electron chi connectivity index (χ4n) is 3.36. The smallest absolute Gasteiger partial charge is 0.190 e. The Labute approximate surface area is 188 Å². The third-order valence-electron chi connectivity index (χ3n) is 4.97. The van der Waals surface area contributed by atoms with Crippen LogP contribution >= 0.6 is 0 Å². The zero-order chi connectivity index (χ0) is 23.4. The van der Waals surface area contributed by atoms with Gasteiger partial charge in [-0.15, -0.1) is 0 Å². The molecule has 0 aliphatic heterocycles. The summed E-state index contributed by atoms with van der Waals surface area (Å²) in [5.41, 5.74) is 2.72.